The average Bonchev–Trinajstić information content (AvgIpc) is 3.34. The first-order valence-electron chi connectivity index (χ1n) is 12.5. The van der Waals surface area contributed by atoms with Crippen LogP contribution in [0.15, 0.2) is 18.2 Å². The Labute approximate surface area is 197 Å². The molecule has 4 heterocycles. The highest BCUT2D eigenvalue weighted by atomic mass is 16.2. The van der Waals surface area contributed by atoms with Crippen molar-refractivity contribution in [2.45, 2.75) is 58.5 Å². The maximum absolute atomic E-state index is 11.7. The predicted octanol–water partition coefficient (Wildman–Crippen LogP) is 3.18. The van der Waals surface area contributed by atoms with Gasteiger partial charge in [0.15, 0.2) is 0 Å². The van der Waals surface area contributed by atoms with Crippen LogP contribution >= 0.6 is 0 Å². The summed E-state index contributed by atoms with van der Waals surface area (Å²) in [6.07, 6.45) is 4.32. The molecule has 33 heavy (non-hydrogen) atoms. The van der Waals surface area contributed by atoms with Crippen molar-refractivity contribution in [2.75, 3.05) is 50.0 Å². The number of hydrogen-bond acceptors (Lipinski definition) is 6. The summed E-state index contributed by atoms with van der Waals surface area (Å²) in [5, 5.41) is 3.33. The number of likely N-dealkylation sites (tertiary alicyclic amines) is 1. The Morgan fingerprint density at radius 3 is 2.82 bits per heavy atom. The molecule has 3 aliphatic heterocycles. The maximum Gasteiger partial charge on any atom is 0.219 e. The number of anilines is 2. The summed E-state index contributed by atoms with van der Waals surface area (Å²) < 4.78 is 0. The van der Waals surface area contributed by atoms with Gasteiger partial charge >= 0.3 is 0 Å². The fourth-order valence-electron chi connectivity index (χ4n) is 5.68. The van der Waals surface area contributed by atoms with Gasteiger partial charge in [0.1, 0.15) is 11.6 Å². The monoisotopic (exact) mass is 448 g/mol. The van der Waals surface area contributed by atoms with Crippen LogP contribution < -0.4 is 10.2 Å². The molecule has 0 saturated carbocycles. The number of aryl methyl sites for hydroxylation is 1. The van der Waals surface area contributed by atoms with Gasteiger partial charge in [-0.3, -0.25) is 9.69 Å². The van der Waals surface area contributed by atoms with Gasteiger partial charge in [0.25, 0.3) is 0 Å². The molecule has 5 rings (SSSR count). The fourth-order valence-corrected chi connectivity index (χ4v) is 5.68. The van der Waals surface area contributed by atoms with Crippen molar-refractivity contribution in [1.82, 2.24) is 19.8 Å². The van der Waals surface area contributed by atoms with Crippen LogP contribution in [-0.4, -0.2) is 65.4 Å². The second-order valence-corrected chi connectivity index (χ2v) is 9.66. The SMILES string of the molecule is CCN1CCCc2cc(CN3CCc4nc([C@@H]5CCN(C(C)=O)C5)nc(NC)c4C3)ccc21. The predicted molar refractivity (Wildman–Crippen MR) is 132 cm³/mol. The van der Waals surface area contributed by atoms with E-state index in [1.54, 1.807) is 6.92 Å². The van der Waals surface area contributed by atoms with E-state index in [4.69, 9.17) is 9.97 Å². The molecule has 1 atom stereocenters. The minimum atomic E-state index is 0.143. The van der Waals surface area contributed by atoms with E-state index in [1.807, 2.05) is 11.9 Å². The van der Waals surface area contributed by atoms with Crippen LogP contribution in [0, 0.1) is 0 Å². The lowest BCUT2D eigenvalue weighted by molar-refractivity contribution is -0.127. The van der Waals surface area contributed by atoms with Crippen LogP contribution in [0.3, 0.4) is 0 Å². The third-order valence-electron chi connectivity index (χ3n) is 7.54. The Morgan fingerprint density at radius 1 is 1.18 bits per heavy atom. The number of nitrogens with one attached hydrogen (secondary N) is 1. The number of hydrogen-bond donors (Lipinski definition) is 1. The summed E-state index contributed by atoms with van der Waals surface area (Å²) in [6, 6.07) is 7.06. The van der Waals surface area contributed by atoms with E-state index in [0.717, 1.165) is 63.8 Å². The molecule has 0 aliphatic carbocycles. The van der Waals surface area contributed by atoms with Gasteiger partial charge in [0.2, 0.25) is 5.91 Å². The number of carbonyl (C=O) groups is 1. The molecular formula is C26H36N6O. The van der Waals surface area contributed by atoms with Crippen LogP contribution in [0.2, 0.25) is 0 Å². The Balaban J connectivity index is 1.31. The molecule has 0 spiro atoms. The molecule has 3 aliphatic rings. The highest BCUT2D eigenvalue weighted by Gasteiger charge is 2.30. The lowest BCUT2D eigenvalue weighted by atomic mass is 9.98. The van der Waals surface area contributed by atoms with Gasteiger partial charge in [-0.05, 0) is 43.4 Å². The van der Waals surface area contributed by atoms with E-state index in [0.29, 0.717) is 0 Å². The van der Waals surface area contributed by atoms with Crippen molar-refractivity contribution in [2.24, 2.45) is 0 Å². The second-order valence-electron chi connectivity index (χ2n) is 9.66. The quantitative estimate of drug-likeness (QED) is 0.758. The molecule has 0 unspecified atom stereocenters. The van der Waals surface area contributed by atoms with Gasteiger partial charge in [0, 0.05) is 83.4 Å². The molecule has 0 radical (unpaired) electrons. The van der Waals surface area contributed by atoms with Crippen LogP contribution in [0.4, 0.5) is 11.5 Å². The van der Waals surface area contributed by atoms with Gasteiger partial charge in [0.05, 0.1) is 5.69 Å². The van der Waals surface area contributed by atoms with E-state index in [2.05, 4.69) is 40.2 Å². The molecule has 1 aromatic carbocycles. The largest absolute Gasteiger partial charge is 0.373 e. The molecule has 0 bridgehead atoms. The van der Waals surface area contributed by atoms with Gasteiger partial charge in [-0.1, -0.05) is 12.1 Å². The third kappa shape index (κ3) is 4.43. The first-order chi connectivity index (χ1) is 16.1. The summed E-state index contributed by atoms with van der Waals surface area (Å²) in [4.78, 5) is 28.6. The summed E-state index contributed by atoms with van der Waals surface area (Å²) in [6.45, 7) is 10.5. The zero-order chi connectivity index (χ0) is 22.9. The van der Waals surface area contributed by atoms with Crippen LogP contribution in [0.5, 0.6) is 0 Å². The van der Waals surface area contributed by atoms with Crippen molar-refractivity contribution >= 4 is 17.4 Å². The molecule has 7 nitrogen and oxygen atoms in total. The van der Waals surface area contributed by atoms with E-state index in [1.165, 1.54) is 47.5 Å². The molecule has 2 aromatic rings. The average molecular weight is 449 g/mol. The summed E-state index contributed by atoms with van der Waals surface area (Å²) in [5.41, 5.74) is 6.71. The number of benzene rings is 1. The molecule has 1 saturated heterocycles. The highest BCUT2D eigenvalue weighted by Crippen LogP contribution is 2.32. The van der Waals surface area contributed by atoms with Gasteiger partial charge in [-0.2, -0.15) is 0 Å². The second kappa shape index (κ2) is 9.29. The smallest absolute Gasteiger partial charge is 0.219 e. The number of nitrogens with zero attached hydrogens (tertiary/aromatic N) is 5. The topological polar surface area (TPSA) is 64.6 Å². The van der Waals surface area contributed by atoms with Gasteiger partial charge < -0.3 is 15.1 Å². The van der Waals surface area contributed by atoms with Crippen molar-refractivity contribution in [3.8, 4) is 0 Å². The minimum absolute atomic E-state index is 0.143. The van der Waals surface area contributed by atoms with Crippen molar-refractivity contribution in [1.29, 1.82) is 0 Å². The van der Waals surface area contributed by atoms with Gasteiger partial charge in [-0.25, -0.2) is 9.97 Å². The van der Waals surface area contributed by atoms with Crippen molar-refractivity contribution in [3.63, 3.8) is 0 Å². The highest BCUT2D eigenvalue weighted by molar-refractivity contribution is 5.73. The molecule has 1 amide bonds. The lowest BCUT2D eigenvalue weighted by Gasteiger charge is -2.32. The maximum atomic E-state index is 11.7. The molecular weight excluding hydrogens is 412 g/mol. The summed E-state index contributed by atoms with van der Waals surface area (Å²) in [5.74, 6) is 2.22. The van der Waals surface area contributed by atoms with Crippen LogP contribution in [0.1, 0.15) is 60.8 Å². The standard InChI is InChI=1S/C26H36N6O/c1-4-31-11-5-6-20-14-19(7-8-24(20)31)15-30-12-10-23-22(17-30)26(27-3)29-25(28-23)21-9-13-32(16-21)18(2)33/h7-8,14,21H,4-6,9-13,15-17H2,1-3H3,(H,27,28,29)/t21-/m1/s1. The lowest BCUT2D eigenvalue weighted by Crippen LogP contribution is -2.32. The number of fused-ring (bicyclic) bond motifs is 2. The molecule has 1 fully saturated rings. The minimum Gasteiger partial charge on any atom is -0.373 e. The van der Waals surface area contributed by atoms with Crippen molar-refractivity contribution < 1.29 is 4.79 Å². The van der Waals surface area contributed by atoms with Crippen LogP contribution in [-0.2, 0) is 30.7 Å². The van der Waals surface area contributed by atoms with Crippen LogP contribution in [0.25, 0.3) is 0 Å². The summed E-state index contributed by atoms with van der Waals surface area (Å²) >= 11 is 0. The number of rotatable bonds is 5. The molecule has 7 heteroatoms. The number of amides is 1. The molecule has 1 N–H and O–H groups in total. The van der Waals surface area contributed by atoms with Crippen molar-refractivity contribution in [3.05, 3.63) is 46.4 Å². The third-order valence-corrected chi connectivity index (χ3v) is 7.54. The molecule has 1 aromatic heterocycles. The normalized spacial score (nSPS) is 20.5. The number of carbonyl (C=O) groups excluding carboxylic acids is 1. The number of aromatic nitrogens is 2. The fraction of sp³-hybridized carbons (Fsp3) is 0.577. The Hall–Kier alpha value is -2.67. The molecule has 176 valence electrons. The van der Waals surface area contributed by atoms with E-state index >= 15 is 0 Å². The Kier molecular flexibility index (Phi) is 6.23. The zero-order valence-corrected chi connectivity index (χ0v) is 20.2. The van der Waals surface area contributed by atoms with E-state index in [-0.39, 0.29) is 11.8 Å². The Bertz CT molecular complexity index is 1020. The van der Waals surface area contributed by atoms with Gasteiger partial charge in [-0.15, -0.1) is 0 Å². The van der Waals surface area contributed by atoms with E-state index in [9.17, 15) is 4.79 Å². The summed E-state index contributed by atoms with van der Waals surface area (Å²) in [7, 11) is 1.95. The first kappa shape index (κ1) is 22.1. The zero-order valence-electron chi connectivity index (χ0n) is 20.2. The Morgan fingerprint density at radius 2 is 2.06 bits per heavy atom. The first-order valence-corrected chi connectivity index (χ1v) is 12.5. The van der Waals surface area contributed by atoms with E-state index < -0.39 is 0 Å².